The maximum Gasteiger partial charge on any atom is 0.0624 e. The van der Waals surface area contributed by atoms with E-state index in [0.717, 1.165) is 25.9 Å². The van der Waals surface area contributed by atoms with E-state index >= 15 is 0 Å². The summed E-state index contributed by atoms with van der Waals surface area (Å²) in [6.45, 7) is 2.93. The molecule has 0 saturated carbocycles. The predicted octanol–water partition coefficient (Wildman–Crippen LogP) is 1.15. The van der Waals surface area contributed by atoms with Crippen molar-refractivity contribution in [3.8, 4) is 0 Å². The van der Waals surface area contributed by atoms with Crippen LogP contribution in [0.25, 0.3) is 0 Å². The van der Waals surface area contributed by atoms with Crippen molar-refractivity contribution in [1.82, 2.24) is 15.1 Å². The van der Waals surface area contributed by atoms with Gasteiger partial charge in [0.1, 0.15) is 0 Å². The van der Waals surface area contributed by atoms with Crippen LogP contribution in [0.4, 0.5) is 0 Å². The molecule has 1 unspecified atom stereocenters. The van der Waals surface area contributed by atoms with Crippen LogP contribution < -0.4 is 5.32 Å². The fourth-order valence-electron chi connectivity index (χ4n) is 1.80. The van der Waals surface area contributed by atoms with E-state index in [2.05, 4.69) is 23.4 Å². The average molecular weight is 225 g/mol. The number of likely N-dealkylation sites (N-methyl/N-ethyl adjacent to an activating group) is 1. The number of ether oxygens (including phenoxy) is 1. The van der Waals surface area contributed by atoms with Crippen molar-refractivity contribution >= 4 is 0 Å². The van der Waals surface area contributed by atoms with E-state index in [1.54, 1.807) is 7.11 Å². The monoisotopic (exact) mass is 225 g/mol. The second-order valence-corrected chi connectivity index (χ2v) is 4.08. The number of aromatic nitrogens is 2. The van der Waals surface area contributed by atoms with Crippen molar-refractivity contribution in [2.24, 2.45) is 7.05 Å². The summed E-state index contributed by atoms with van der Waals surface area (Å²) in [6, 6.07) is 2.65. The molecule has 1 aromatic rings. The van der Waals surface area contributed by atoms with Crippen molar-refractivity contribution in [3.63, 3.8) is 0 Å². The summed E-state index contributed by atoms with van der Waals surface area (Å²) in [6.07, 6.45) is 3.03. The molecule has 0 aromatic carbocycles. The first kappa shape index (κ1) is 13.2. The zero-order valence-corrected chi connectivity index (χ0v) is 10.8. The molecule has 1 heterocycles. The van der Waals surface area contributed by atoms with E-state index in [1.807, 2.05) is 18.8 Å². The first-order valence-electron chi connectivity index (χ1n) is 5.89. The van der Waals surface area contributed by atoms with Crippen molar-refractivity contribution in [3.05, 3.63) is 17.5 Å². The first-order chi connectivity index (χ1) is 7.71. The fraction of sp³-hybridized carbons (Fsp3) is 0.750. The Labute approximate surface area is 98.0 Å². The largest absolute Gasteiger partial charge is 0.385 e. The van der Waals surface area contributed by atoms with Gasteiger partial charge >= 0.3 is 0 Å². The number of methoxy groups -OCH3 is 1. The third-order valence-corrected chi connectivity index (χ3v) is 2.92. The van der Waals surface area contributed by atoms with Crippen LogP contribution in [0, 0.1) is 0 Å². The van der Waals surface area contributed by atoms with Gasteiger partial charge in [0.25, 0.3) is 0 Å². The maximum atomic E-state index is 5.11. The van der Waals surface area contributed by atoms with Crippen LogP contribution in [-0.4, -0.2) is 36.6 Å². The van der Waals surface area contributed by atoms with Crippen LogP contribution in [0.2, 0.25) is 0 Å². The van der Waals surface area contributed by atoms with Crippen molar-refractivity contribution in [2.45, 2.75) is 32.2 Å². The highest BCUT2D eigenvalue weighted by Crippen LogP contribution is 2.08. The summed E-state index contributed by atoms with van der Waals surface area (Å²) in [4.78, 5) is 0. The van der Waals surface area contributed by atoms with Crippen LogP contribution >= 0.6 is 0 Å². The van der Waals surface area contributed by atoms with E-state index in [9.17, 15) is 0 Å². The Morgan fingerprint density at radius 2 is 2.31 bits per heavy atom. The van der Waals surface area contributed by atoms with Crippen LogP contribution in [0.1, 0.15) is 24.7 Å². The van der Waals surface area contributed by atoms with Gasteiger partial charge in [0.15, 0.2) is 0 Å². The lowest BCUT2D eigenvalue weighted by Crippen LogP contribution is -2.29. The van der Waals surface area contributed by atoms with Crippen LogP contribution in [0.5, 0.6) is 0 Å². The van der Waals surface area contributed by atoms with E-state index < -0.39 is 0 Å². The molecule has 0 fully saturated rings. The minimum atomic E-state index is 0.458. The van der Waals surface area contributed by atoms with Gasteiger partial charge in [-0.25, -0.2) is 0 Å². The summed E-state index contributed by atoms with van der Waals surface area (Å²) in [5.74, 6) is 0. The van der Waals surface area contributed by atoms with Gasteiger partial charge in [0.05, 0.1) is 5.69 Å². The topological polar surface area (TPSA) is 39.1 Å². The second-order valence-electron chi connectivity index (χ2n) is 4.08. The standard InChI is InChI=1S/C12H23N3O/c1-5-10-8-12(15(3)14-10)9-11(13-2)6-7-16-4/h8,11,13H,5-7,9H2,1-4H3. The molecular weight excluding hydrogens is 202 g/mol. The predicted molar refractivity (Wildman–Crippen MR) is 65.6 cm³/mol. The van der Waals surface area contributed by atoms with Crippen molar-refractivity contribution in [1.29, 1.82) is 0 Å². The number of hydrogen-bond acceptors (Lipinski definition) is 3. The van der Waals surface area contributed by atoms with E-state index in [4.69, 9.17) is 4.74 Å². The molecule has 92 valence electrons. The van der Waals surface area contributed by atoms with Crippen LogP contribution in [0.3, 0.4) is 0 Å². The second kappa shape index (κ2) is 6.66. The summed E-state index contributed by atoms with van der Waals surface area (Å²) in [5, 5.41) is 7.77. The van der Waals surface area contributed by atoms with Gasteiger partial charge in [0, 0.05) is 38.9 Å². The van der Waals surface area contributed by atoms with Gasteiger partial charge < -0.3 is 10.1 Å². The highest BCUT2D eigenvalue weighted by molar-refractivity contribution is 5.11. The van der Waals surface area contributed by atoms with Crippen molar-refractivity contribution < 1.29 is 4.74 Å². The Morgan fingerprint density at radius 3 is 2.81 bits per heavy atom. The molecule has 4 nitrogen and oxygen atoms in total. The highest BCUT2D eigenvalue weighted by atomic mass is 16.5. The summed E-state index contributed by atoms with van der Waals surface area (Å²) in [7, 11) is 5.75. The molecule has 1 N–H and O–H groups in total. The Hall–Kier alpha value is -0.870. The Morgan fingerprint density at radius 1 is 1.56 bits per heavy atom. The number of rotatable bonds is 7. The first-order valence-corrected chi connectivity index (χ1v) is 5.89. The number of nitrogens with one attached hydrogen (secondary N) is 1. The molecule has 1 aromatic heterocycles. The Bertz CT molecular complexity index is 309. The minimum Gasteiger partial charge on any atom is -0.385 e. The van der Waals surface area contributed by atoms with Gasteiger partial charge in [-0.05, 0) is 26.0 Å². The third-order valence-electron chi connectivity index (χ3n) is 2.92. The molecule has 0 radical (unpaired) electrons. The molecule has 0 saturated heterocycles. The lowest BCUT2D eigenvalue weighted by atomic mass is 10.1. The fourth-order valence-corrected chi connectivity index (χ4v) is 1.80. The normalized spacial score (nSPS) is 13.0. The Kier molecular flexibility index (Phi) is 5.49. The van der Waals surface area contributed by atoms with Crippen LogP contribution in [-0.2, 0) is 24.6 Å². The summed E-state index contributed by atoms with van der Waals surface area (Å²) < 4.78 is 7.09. The van der Waals surface area contributed by atoms with E-state index in [1.165, 1.54) is 11.4 Å². The van der Waals surface area contributed by atoms with Crippen LogP contribution in [0.15, 0.2) is 6.07 Å². The van der Waals surface area contributed by atoms with E-state index in [0.29, 0.717) is 6.04 Å². The van der Waals surface area contributed by atoms with Gasteiger partial charge in [-0.15, -0.1) is 0 Å². The molecular formula is C12H23N3O. The molecule has 0 spiro atoms. The lowest BCUT2D eigenvalue weighted by Gasteiger charge is -2.15. The smallest absolute Gasteiger partial charge is 0.0624 e. The maximum absolute atomic E-state index is 5.11. The third kappa shape index (κ3) is 3.61. The van der Waals surface area contributed by atoms with Gasteiger partial charge in [-0.3, -0.25) is 4.68 Å². The van der Waals surface area contributed by atoms with Gasteiger partial charge in [-0.2, -0.15) is 5.10 Å². The number of hydrogen-bond donors (Lipinski definition) is 1. The SMILES string of the molecule is CCc1cc(CC(CCOC)NC)n(C)n1. The quantitative estimate of drug-likeness (QED) is 0.756. The minimum absolute atomic E-state index is 0.458. The number of aryl methyl sites for hydroxylation is 2. The summed E-state index contributed by atoms with van der Waals surface area (Å²) >= 11 is 0. The highest BCUT2D eigenvalue weighted by Gasteiger charge is 2.11. The molecule has 0 bridgehead atoms. The molecule has 0 aliphatic heterocycles. The molecule has 0 aliphatic carbocycles. The van der Waals surface area contributed by atoms with Gasteiger partial charge in [0.2, 0.25) is 0 Å². The van der Waals surface area contributed by atoms with Crippen molar-refractivity contribution in [2.75, 3.05) is 20.8 Å². The zero-order valence-electron chi connectivity index (χ0n) is 10.8. The van der Waals surface area contributed by atoms with E-state index in [-0.39, 0.29) is 0 Å². The zero-order chi connectivity index (χ0) is 12.0. The Balaban J connectivity index is 2.58. The summed E-state index contributed by atoms with van der Waals surface area (Å²) in [5.41, 5.74) is 2.45. The average Bonchev–Trinajstić information content (AvgIpc) is 2.65. The number of nitrogens with zero attached hydrogens (tertiary/aromatic N) is 2. The molecule has 0 amide bonds. The molecule has 0 aliphatic rings. The lowest BCUT2D eigenvalue weighted by molar-refractivity contribution is 0.183. The molecule has 4 heteroatoms. The van der Waals surface area contributed by atoms with Gasteiger partial charge in [-0.1, -0.05) is 6.92 Å². The molecule has 16 heavy (non-hydrogen) atoms. The molecule has 1 atom stereocenters. The molecule has 1 rings (SSSR count).